The number of carbonyl (C=O) groups excluding carboxylic acids is 1. The first-order valence-corrected chi connectivity index (χ1v) is 15.4. The Hall–Kier alpha value is -3.31. The van der Waals surface area contributed by atoms with Crippen molar-refractivity contribution in [2.45, 2.75) is 70.6 Å². The van der Waals surface area contributed by atoms with E-state index in [1.54, 1.807) is 37.1 Å². The molecule has 214 valence electrons. The highest BCUT2D eigenvalue weighted by atomic mass is 32.2. The lowest BCUT2D eigenvalue weighted by Crippen LogP contribution is -2.45. The van der Waals surface area contributed by atoms with Crippen molar-refractivity contribution >= 4 is 38.2 Å². The lowest BCUT2D eigenvalue weighted by molar-refractivity contribution is -0.125. The lowest BCUT2D eigenvalue weighted by Gasteiger charge is -2.37. The number of amides is 1. The number of carbonyl (C=O) groups is 1. The maximum absolute atomic E-state index is 15.6. The molecule has 0 bridgehead atoms. The molecule has 1 saturated carbocycles. The molecule has 0 saturated heterocycles. The molecule has 5 rings (SSSR count). The summed E-state index contributed by atoms with van der Waals surface area (Å²) in [7, 11) is -3.73. The molecule has 0 unspecified atom stereocenters. The molecule has 1 spiro atoms. The first-order chi connectivity index (χ1) is 19.0. The number of aromatic nitrogens is 2. The van der Waals surface area contributed by atoms with Crippen LogP contribution in [0.1, 0.15) is 59.4 Å². The predicted octanol–water partition coefficient (Wildman–Crippen LogP) is 4.75. The summed E-state index contributed by atoms with van der Waals surface area (Å²) in [5.74, 6) is -0.328. The normalized spacial score (nSPS) is 16.2. The number of halogens is 1. The summed E-state index contributed by atoms with van der Waals surface area (Å²) in [4.78, 5) is 24.0. The van der Waals surface area contributed by atoms with Crippen LogP contribution in [0.3, 0.4) is 0 Å². The largest absolute Gasteiger partial charge is 0.475 e. The second kappa shape index (κ2) is 10.6. The quantitative estimate of drug-likeness (QED) is 0.339. The van der Waals surface area contributed by atoms with Gasteiger partial charge in [0.15, 0.2) is 0 Å². The Balaban J connectivity index is 1.60. The molecule has 1 amide bonds. The Labute approximate surface area is 234 Å². The van der Waals surface area contributed by atoms with E-state index < -0.39 is 26.5 Å². The highest BCUT2D eigenvalue weighted by Gasteiger charge is 2.55. The number of likely N-dealkylation sites (N-methyl/N-ethyl adjacent to an activating group) is 1. The van der Waals surface area contributed by atoms with E-state index in [0.717, 1.165) is 35.9 Å². The van der Waals surface area contributed by atoms with Crippen LogP contribution in [0.15, 0.2) is 30.6 Å². The number of fused-ring (bicyclic) bond motifs is 4. The van der Waals surface area contributed by atoms with Crippen LogP contribution < -0.4 is 19.7 Å². The number of pyridine rings is 2. The minimum absolute atomic E-state index is 0.0805. The van der Waals surface area contributed by atoms with Crippen LogP contribution >= 0.6 is 0 Å². The maximum atomic E-state index is 15.6. The smallest absolute Gasteiger partial charge is 0.238 e. The molecule has 9 nitrogen and oxygen atoms in total. The third kappa shape index (κ3) is 4.79. The molecular weight excluding hydrogens is 533 g/mol. The van der Waals surface area contributed by atoms with Gasteiger partial charge in [0.1, 0.15) is 18.1 Å². The average molecular weight is 570 g/mol. The number of benzene rings is 1. The van der Waals surface area contributed by atoms with Crippen molar-refractivity contribution in [3.8, 4) is 17.0 Å². The van der Waals surface area contributed by atoms with Crippen molar-refractivity contribution in [1.29, 1.82) is 0 Å². The lowest BCUT2D eigenvalue weighted by atomic mass is 9.64. The van der Waals surface area contributed by atoms with E-state index in [-0.39, 0.29) is 35.7 Å². The Morgan fingerprint density at radius 3 is 2.50 bits per heavy atom. The van der Waals surface area contributed by atoms with Gasteiger partial charge >= 0.3 is 0 Å². The Morgan fingerprint density at radius 1 is 1.12 bits per heavy atom. The Bertz CT molecular complexity index is 1570. The van der Waals surface area contributed by atoms with Gasteiger partial charge in [-0.05, 0) is 45.7 Å². The van der Waals surface area contributed by atoms with Crippen LogP contribution in [0.2, 0.25) is 0 Å². The van der Waals surface area contributed by atoms with Crippen LogP contribution in [0, 0.1) is 5.82 Å². The monoisotopic (exact) mass is 569 g/mol. The van der Waals surface area contributed by atoms with E-state index in [9.17, 15) is 13.2 Å². The number of hydrogen-bond acceptors (Lipinski definition) is 7. The number of sulfonamides is 1. The van der Waals surface area contributed by atoms with Crippen molar-refractivity contribution in [2.75, 3.05) is 29.3 Å². The number of hydrogen-bond donors (Lipinski definition) is 2. The van der Waals surface area contributed by atoms with Crippen molar-refractivity contribution in [1.82, 2.24) is 15.3 Å². The average Bonchev–Trinajstić information content (AvgIpc) is 3.14. The fourth-order valence-electron chi connectivity index (χ4n) is 5.47. The maximum Gasteiger partial charge on any atom is 0.238 e. The minimum atomic E-state index is -3.73. The molecule has 2 N–H and O–H groups in total. The predicted molar refractivity (Wildman–Crippen MR) is 155 cm³/mol. The van der Waals surface area contributed by atoms with Gasteiger partial charge in [0, 0.05) is 53.5 Å². The number of nitrogens with zero attached hydrogens (tertiary/aromatic N) is 3. The van der Waals surface area contributed by atoms with Crippen molar-refractivity contribution in [2.24, 2.45) is 0 Å². The molecule has 1 fully saturated rings. The topological polar surface area (TPSA) is 114 Å². The van der Waals surface area contributed by atoms with Gasteiger partial charge in [-0.3, -0.25) is 14.5 Å². The highest BCUT2D eigenvalue weighted by molar-refractivity contribution is 7.93. The van der Waals surface area contributed by atoms with Crippen LogP contribution in [-0.4, -0.2) is 55.3 Å². The molecular formula is C29H36FN5O4S. The fourth-order valence-corrected chi connectivity index (χ4v) is 6.16. The van der Waals surface area contributed by atoms with Crippen molar-refractivity contribution in [3.05, 3.63) is 42.0 Å². The van der Waals surface area contributed by atoms with Gasteiger partial charge in [0.05, 0.1) is 28.1 Å². The van der Waals surface area contributed by atoms with E-state index in [0.29, 0.717) is 24.2 Å². The number of rotatable bonds is 10. The summed E-state index contributed by atoms with van der Waals surface area (Å²) in [5, 5.41) is 3.26. The van der Waals surface area contributed by atoms with Crippen LogP contribution in [0.5, 0.6) is 5.88 Å². The molecule has 0 atom stereocenters. The summed E-state index contributed by atoms with van der Waals surface area (Å²) in [5.41, 5.74) is 2.32. The van der Waals surface area contributed by atoms with Gasteiger partial charge in [0.25, 0.3) is 0 Å². The number of ether oxygens (including phenoxy) is 1. The zero-order chi connectivity index (χ0) is 28.8. The standard InChI is InChI=1S/C29H36FN5O4S/c1-6-35-25-16-32-23-14-22(30)20(13-21(23)26(25)29(28(35)36)8-7-9-29)19-12-24(34-40(37,38)18(4)5)27(33-15-19)39-11-10-31-17(2)3/h12-18,31,34H,6-11H2,1-5H3. The molecule has 2 aliphatic rings. The van der Waals surface area contributed by atoms with Crippen LogP contribution in [0.25, 0.3) is 22.0 Å². The molecule has 40 heavy (non-hydrogen) atoms. The first-order valence-electron chi connectivity index (χ1n) is 13.8. The molecule has 11 heteroatoms. The van der Waals surface area contributed by atoms with Gasteiger partial charge in [0.2, 0.25) is 21.8 Å². The number of nitrogens with one attached hydrogen (secondary N) is 2. The molecule has 1 aromatic carbocycles. The third-order valence-electron chi connectivity index (χ3n) is 7.81. The summed E-state index contributed by atoms with van der Waals surface area (Å²) in [6, 6.07) is 4.90. The zero-order valence-corrected chi connectivity index (χ0v) is 24.4. The number of anilines is 2. The molecule has 0 radical (unpaired) electrons. The summed E-state index contributed by atoms with van der Waals surface area (Å²) in [6.45, 7) is 10.5. The highest BCUT2D eigenvalue weighted by Crippen LogP contribution is 2.55. The van der Waals surface area contributed by atoms with Gasteiger partial charge in [-0.15, -0.1) is 0 Å². The first kappa shape index (κ1) is 28.2. The van der Waals surface area contributed by atoms with Crippen LogP contribution in [-0.2, 0) is 20.2 Å². The molecule has 2 aromatic heterocycles. The van der Waals surface area contributed by atoms with Gasteiger partial charge < -0.3 is 15.0 Å². The van der Waals surface area contributed by atoms with Gasteiger partial charge in [-0.1, -0.05) is 20.3 Å². The van der Waals surface area contributed by atoms with Crippen molar-refractivity contribution in [3.63, 3.8) is 0 Å². The fraction of sp³-hybridized carbons (Fsp3) is 0.483. The Kier molecular flexibility index (Phi) is 7.47. The van der Waals surface area contributed by atoms with E-state index >= 15 is 4.39 Å². The zero-order valence-electron chi connectivity index (χ0n) is 23.5. The van der Waals surface area contributed by atoms with E-state index in [4.69, 9.17) is 4.74 Å². The van der Waals surface area contributed by atoms with Gasteiger partial charge in [-0.25, -0.2) is 17.8 Å². The SMILES string of the molecule is CCN1C(=O)C2(CCC2)c2c1cnc1cc(F)c(-c3cnc(OCCNC(C)C)c(NS(=O)(=O)C(C)C)c3)cc21. The second-order valence-corrected chi connectivity index (χ2v) is 13.3. The second-order valence-electron chi connectivity index (χ2n) is 11.1. The van der Waals surface area contributed by atoms with Crippen LogP contribution in [0.4, 0.5) is 15.8 Å². The molecule has 1 aliphatic carbocycles. The third-order valence-corrected chi connectivity index (χ3v) is 9.56. The summed E-state index contributed by atoms with van der Waals surface area (Å²) in [6.07, 6.45) is 5.61. The van der Waals surface area contributed by atoms with Gasteiger partial charge in [-0.2, -0.15) is 0 Å². The van der Waals surface area contributed by atoms with Crippen molar-refractivity contribution < 1.29 is 22.3 Å². The summed E-state index contributed by atoms with van der Waals surface area (Å²) >= 11 is 0. The minimum Gasteiger partial charge on any atom is -0.475 e. The molecule has 3 aromatic rings. The van der Waals surface area contributed by atoms with E-state index in [2.05, 4.69) is 20.0 Å². The van der Waals surface area contributed by atoms with E-state index in [1.165, 1.54) is 12.3 Å². The van der Waals surface area contributed by atoms with E-state index in [1.807, 2.05) is 20.8 Å². The summed E-state index contributed by atoms with van der Waals surface area (Å²) < 4.78 is 49.5. The molecule has 1 aliphatic heterocycles. The Morgan fingerprint density at radius 2 is 1.88 bits per heavy atom. The molecule has 3 heterocycles.